The maximum atomic E-state index is 12.9. The van der Waals surface area contributed by atoms with Gasteiger partial charge in [0, 0.05) is 6.54 Å². The Balaban J connectivity index is 1.60. The molecule has 1 aliphatic heterocycles. The first kappa shape index (κ1) is 16.6. The number of anilines is 1. The van der Waals surface area contributed by atoms with Gasteiger partial charge >= 0.3 is 0 Å². The Morgan fingerprint density at radius 3 is 2.56 bits per heavy atom. The average molecular weight is 341 g/mol. The highest BCUT2D eigenvalue weighted by molar-refractivity contribution is 6.10. The molecule has 128 valence electrons. The van der Waals surface area contributed by atoms with E-state index in [4.69, 9.17) is 0 Å². The van der Waals surface area contributed by atoms with Crippen molar-refractivity contribution in [2.75, 3.05) is 5.32 Å². The van der Waals surface area contributed by atoms with Crippen LogP contribution >= 0.6 is 0 Å². The van der Waals surface area contributed by atoms with Crippen molar-refractivity contribution in [3.05, 3.63) is 65.5 Å². The first-order valence-corrected chi connectivity index (χ1v) is 7.75. The molecule has 2 aromatic rings. The number of halogens is 1. The van der Waals surface area contributed by atoms with Crippen LogP contribution in [0.4, 0.5) is 10.1 Å². The number of hydrogen-bond acceptors (Lipinski definition) is 3. The maximum Gasteiger partial charge on any atom is 0.254 e. The van der Waals surface area contributed by atoms with E-state index in [1.807, 2.05) is 0 Å². The Morgan fingerprint density at radius 2 is 1.80 bits per heavy atom. The van der Waals surface area contributed by atoms with Gasteiger partial charge in [0.05, 0.1) is 17.7 Å². The molecule has 25 heavy (non-hydrogen) atoms. The van der Waals surface area contributed by atoms with Gasteiger partial charge in [-0.25, -0.2) is 4.39 Å². The SMILES string of the molecule is O=C(C[C@H]1NC(=O)c2ccccc2NC1=O)NCc1ccc(F)cc1. The van der Waals surface area contributed by atoms with Gasteiger partial charge in [0.15, 0.2) is 0 Å². The van der Waals surface area contributed by atoms with E-state index in [0.717, 1.165) is 5.56 Å². The molecule has 0 unspecified atom stereocenters. The van der Waals surface area contributed by atoms with Crippen LogP contribution in [0.1, 0.15) is 22.3 Å². The van der Waals surface area contributed by atoms with Gasteiger partial charge in [0.25, 0.3) is 5.91 Å². The highest BCUT2D eigenvalue weighted by Gasteiger charge is 2.29. The quantitative estimate of drug-likeness (QED) is 0.789. The second-order valence-electron chi connectivity index (χ2n) is 5.67. The number of hydrogen-bond donors (Lipinski definition) is 3. The van der Waals surface area contributed by atoms with E-state index in [2.05, 4.69) is 16.0 Å². The lowest BCUT2D eigenvalue weighted by Gasteiger charge is -2.14. The molecule has 0 radical (unpaired) electrons. The summed E-state index contributed by atoms with van der Waals surface area (Å²) < 4.78 is 12.9. The summed E-state index contributed by atoms with van der Waals surface area (Å²) in [6.07, 6.45) is -0.188. The van der Waals surface area contributed by atoms with Gasteiger partial charge in [-0.15, -0.1) is 0 Å². The van der Waals surface area contributed by atoms with Crippen LogP contribution < -0.4 is 16.0 Å². The van der Waals surface area contributed by atoms with E-state index < -0.39 is 23.8 Å². The van der Waals surface area contributed by atoms with Gasteiger partial charge in [-0.3, -0.25) is 14.4 Å². The number of benzene rings is 2. The summed E-state index contributed by atoms with van der Waals surface area (Å²) in [6, 6.07) is 11.4. The summed E-state index contributed by atoms with van der Waals surface area (Å²) >= 11 is 0. The average Bonchev–Trinajstić information content (AvgIpc) is 2.71. The number of carbonyl (C=O) groups excluding carboxylic acids is 3. The van der Waals surface area contributed by atoms with Gasteiger partial charge in [0.1, 0.15) is 11.9 Å². The maximum absolute atomic E-state index is 12.9. The van der Waals surface area contributed by atoms with Gasteiger partial charge in [-0.05, 0) is 29.8 Å². The van der Waals surface area contributed by atoms with Crippen LogP contribution in [0.2, 0.25) is 0 Å². The van der Waals surface area contributed by atoms with Crippen LogP contribution in [-0.4, -0.2) is 23.8 Å². The summed E-state index contributed by atoms with van der Waals surface area (Å²) in [7, 11) is 0. The monoisotopic (exact) mass is 341 g/mol. The van der Waals surface area contributed by atoms with Gasteiger partial charge < -0.3 is 16.0 Å². The van der Waals surface area contributed by atoms with Gasteiger partial charge in [-0.1, -0.05) is 24.3 Å². The predicted octanol–water partition coefficient (Wildman–Crippen LogP) is 1.58. The summed E-state index contributed by atoms with van der Waals surface area (Å²) in [5.41, 5.74) is 1.50. The minimum Gasteiger partial charge on any atom is -0.352 e. The molecule has 3 N–H and O–H groups in total. The lowest BCUT2D eigenvalue weighted by Crippen LogP contribution is -2.44. The third kappa shape index (κ3) is 4.00. The number of para-hydroxylation sites is 1. The molecule has 3 rings (SSSR count). The Labute approximate surface area is 143 Å². The Hall–Kier alpha value is -3.22. The first-order valence-electron chi connectivity index (χ1n) is 7.75. The van der Waals surface area contributed by atoms with Crippen molar-refractivity contribution in [1.82, 2.24) is 10.6 Å². The minimum absolute atomic E-state index is 0.188. The van der Waals surface area contributed by atoms with Crippen molar-refractivity contribution in [2.45, 2.75) is 19.0 Å². The fraction of sp³-hybridized carbons (Fsp3) is 0.167. The van der Waals surface area contributed by atoms with E-state index in [9.17, 15) is 18.8 Å². The molecule has 0 aliphatic carbocycles. The van der Waals surface area contributed by atoms with Gasteiger partial charge in [0.2, 0.25) is 11.8 Å². The van der Waals surface area contributed by atoms with Crippen LogP contribution in [0.15, 0.2) is 48.5 Å². The number of rotatable bonds is 4. The summed E-state index contributed by atoms with van der Waals surface area (Å²) in [5, 5.41) is 7.85. The van der Waals surface area contributed by atoms with Crippen molar-refractivity contribution in [1.29, 1.82) is 0 Å². The second kappa shape index (κ2) is 7.12. The molecule has 3 amide bonds. The molecule has 1 heterocycles. The topological polar surface area (TPSA) is 87.3 Å². The minimum atomic E-state index is -0.965. The molecule has 0 saturated carbocycles. The fourth-order valence-electron chi connectivity index (χ4n) is 2.52. The lowest BCUT2D eigenvalue weighted by molar-refractivity contribution is -0.125. The molecule has 0 aromatic heterocycles. The van der Waals surface area contributed by atoms with E-state index in [1.54, 1.807) is 36.4 Å². The zero-order valence-electron chi connectivity index (χ0n) is 13.2. The predicted molar refractivity (Wildman–Crippen MR) is 89.2 cm³/mol. The van der Waals surface area contributed by atoms with Crippen molar-refractivity contribution in [3.63, 3.8) is 0 Å². The Morgan fingerprint density at radius 1 is 1.08 bits per heavy atom. The Bertz CT molecular complexity index is 821. The van der Waals surface area contributed by atoms with Crippen LogP contribution in [0.25, 0.3) is 0 Å². The first-order chi connectivity index (χ1) is 12.0. The molecular weight excluding hydrogens is 325 g/mol. The van der Waals surface area contributed by atoms with Crippen molar-refractivity contribution >= 4 is 23.4 Å². The summed E-state index contributed by atoms with van der Waals surface area (Å²) in [5.74, 6) is -1.61. The summed E-state index contributed by atoms with van der Waals surface area (Å²) in [6.45, 7) is 0.210. The van der Waals surface area contributed by atoms with Crippen LogP contribution in [-0.2, 0) is 16.1 Å². The molecule has 0 saturated heterocycles. The van der Waals surface area contributed by atoms with E-state index >= 15 is 0 Å². The third-order valence-corrected chi connectivity index (χ3v) is 3.84. The van der Waals surface area contributed by atoms with Crippen LogP contribution in [0, 0.1) is 5.82 Å². The zero-order chi connectivity index (χ0) is 17.8. The highest BCUT2D eigenvalue weighted by Crippen LogP contribution is 2.18. The molecule has 7 heteroatoms. The second-order valence-corrected chi connectivity index (χ2v) is 5.67. The normalized spacial score (nSPS) is 16.3. The van der Waals surface area contributed by atoms with Crippen LogP contribution in [0.5, 0.6) is 0 Å². The molecule has 1 aliphatic rings. The number of nitrogens with one attached hydrogen (secondary N) is 3. The van der Waals surface area contributed by atoms with Crippen LogP contribution in [0.3, 0.4) is 0 Å². The molecule has 6 nitrogen and oxygen atoms in total. The van der Waals surface area contributed by atoms with Crippen molar-refractivity contribution in [2.24, 2.45) is 0 Å². The molecule has 1 atom stereocenters. The van der Waals surface area contributed by atoms with E-state index in [-0.39, 0.29) is 18.8 Å². The number of carbonyl (C=O) groups is 3. The molecule has 2 aromatic carbocycles. The van der Waals surface area contributed by atoms with E-state index in [1.165, 1.54) is 12.1 Å². The van der Waals surface area contributed by atoms with Crippen molar-refractivity contribution < 1.29 is 18.8 Å². The largest absolute Gasteiger partial charge is 0.352 e. The fourth-order valence-corrected chi connectivity index (χ4v) is 2.52. The molecule has 0 fully saturated rings. The molecule has 0 spiro atoms. The number of amides is 3. The smallest absolute Gasteiger partial charge is 0.254 e. The zero-order valence-corrected chi connectivity index (χ0v) is 13.2. The van der Waals surface area contributed by atoms with E-state index in [0.29, 0.717) is 11.3 Å². The standard InChI is InChI=1S/C18H16FN3O3/c19-12-7-5-11(6-8-12)10-20-16(23)9-15-18(25)21-14-4-2-1-3-13(14)17(24)22-15/h1-8,15H,9-10H2,(H,20,23)(H,21,25)(H,22,24)/t15-/m1/s1. The molecular formula is C18H16FN3O3. The van der Waals surface area contributed by atoms with Crippen molar-refractivity contribution in [3.8, 4) is 0 Å². The number of fused-ring (bicyclic) bond motifs is 1. The van der Waals surface area contributed by atoms with Gasteiger partial charge in [-0.2, -0.15) is 0 Å². The Kier molecular flexibility index (Phi) is 4.74. The summed E-state index contributed by atoms with van der Waals surface area (Å²) in [4.78, 5) is 36.5. The lowest BCUT2D eigenvalue weighted by atomic mass is 10.1. The third-order valence-electron chi connectivity index (χ3n) is 3.84. The molecule has 0 bridgehead atoms. The highest BCUT2D eigenvalue weighted by atomic mass is 19.1.